The van der Waals surface area contributed by atoms with Gasteiger partial charge in [0.05, 0.1) is 0 Å². The maximum Gasteiger partial charge on any atom is 0.339 e. The molecule has 4 nitrogen and oxygen atoms in total. The molecule has 0 amide bonds. The Morgan fingerprint density at radius 1 is 1.56 bits per heavy atom. The van der Waals surface area contributed by atoms with E-state index in [0.29, 0.717) is 5.56 Å². The number of hydrogen-bond acceptors (Lipinski definition) is 3. The predicted molar refractivity (Wildman–Crippen MR) is 54.9 cm³/mol. The van der Waals surface area contributed by atoms with Crippen molar-refractivity contribution in [2.24, 2.45) is 0 Å². The maximum atomic E-state index is 13.1. The number of carboxylic acids is 1. The molecule has 0 aliphatic heterocycles. The molecule has 1 aromatic carbocycles. The van der Waals surface area contributed by atoms with E-state index in [0.717, 1.165) is 13.0 Å². The van der Waals surface area contributed by atoms with E-state index in [1.165, 1.54) is 12.1 Å². The van der Waals surface area contributed by atoms with Crippen LogP contribution in [0.4, 0.5) is 4.39 Å². The number of hydrogen-bond donors (Lipinski definition) is 2. The molecular formula is C11H13FO4. The summed E-state index contributed by atoms with van der Waals surface area (Å²) in [6.45, 7) is 2.28. The Labute approximate surface area is 92.3 Å². The van der Waals surface area contributed by atoms with Crippen LogP contribution >= 0.6 is 0 Å². The first-order valence-corrected chi connectivity index (χ1v) is 4.67. The van der Waals surface area contributed by atoms with Gasteiger partial charge in [-0.1, -0.05) is 6.07 Å². The van der Waals surface area contributed by atoms with Crippen LogP contribution in [0.5, 0.6) is 5.75 Å². The SMILES string of the molecule is Cc1ccc(OCC(C)(O)C(=O)O)cc1F. The van der Waals surface area contributed by atoms with Crippen molar-refractivity contribution in [2.45, 2.75) is 19.4 Å². The summed E-state index contributed by atoms with van der Waals surface area (Å²) in [6.07, 6.45) is 0. The molecule has 0 aliphatic carbocycles. The molecule has 0 saturated carbocycles. The lowest BCUT2D eigenvalue weighted by Crippen LogP contribution is -2.41. The molecule has 1 aromatic rings. The molecule has 0 aromatic heterocycles. The van der Waals surface area contributed by atoms with Crippen LogP contribution < -0.4 is 4.74 Å². The van der Waals surface area contributed by atoms with Crippen LogP contribution in [0.1, 0.15) is 12.5 Å². The standard InChI is InChI=1S/C11H13FO4/c1-7-3-4-8(5-9(7)12)16-6-11(2,15)10(13)14/h3-5,15H,6H2,1-2H3,(H,13,14). The zero-order valence-electron chi connectivity index (χ0n) is 9.03. The van der Waals surface area contributed by atoms with Gasteiger partial charge in [0.2, 0.25) is 0 Å². The van der Waals surface area contributed by atoms with E-state index in [1.807, 2.05) is 0 Å². The van der Waals surface area contributed by atoms with Crippen molar-refractivity contribution < 1.29 is 24.1 Å². The minimum atomic E-state index is -1.98. The lowest BCUT2D eigenvalue weighted by molar-refractivity contribution is -0.159. The lowest BCUT2D eigenvalue weighted by atomic mass is 10.1. The van der Waals surface area contributed by atoms with Gasteiger partial charge in [-0.25, -0.2) is 9.18 Å². The van der Waals surface area contributed by atoms with E-state index in [-0.39, 0.29) is 5.75 Å². The number of carboxylic acid groups (broad SMARTS) is 1. The van der Waals surface area contributed by atoms with Gasteiger partial charge in [-0.15, -0.1) is 0 Å². The van der Waals surface area contributed by atoms with E-state index < -0.39 is 24.0 Å². The normalized spacial score (nSPS) is 14.2. The number of carbonyl (C=O) groups is 1. The van der Waals surface area contributed by atoms with E-state index in [9.17, 15) is 14.3 Å². The van der Waals surface area contributed by atoms with E-state index in [2.05, 4.69) is 0 Å². The number of rotatable bonds is 4. The molecule has 0 spiro atoms. The van der Waals surface area contributed by atoms with Gasteiger partial charge in [-0.3, -0.25) is 0 Å². The third-order valence-electron chi connectivity index (χ3n) is 2.12. The summed E-state index contributed by atoms with van der Waals surface area (Å²) in [5, 5.41) is 18.0. The highest BCUT2D eigenvalue weighted by Gasteiger charge is 2.30. The molecule has 0 bridgehead atoms. The van der Waals surface area contributed by atoms with Gasteiger partial charge in [0, 0.05) is 6.07 Å². The summed E-state index contributed by atoms with van der Waals surface area (Å²) in [6, 6.07) is 4.17. The fourth-order valence-electron chi connectivity index (χ4n) is 0.949. The molecule has 0 fully saturated rings. The summed E-state index contributed by atoms with van der Waals surface area (Å²) in [5.41, 5.74) is -1.51. The molecule has 1 unspecified atom stereocenters. The molecule has 1 rings (SSSR count). The van der Waals surface area contributed by atoms with Crippen molar-refractivity contribution in [2.75, 3.05) is 6.61 Å². The zero-order chi connectivity index (χ0) is 12.3. The highest BCUT2D eigenvalue weighted by Crippen LogP contribution is 2.17. The van der Waals surface area contributed by atoms with Crippen molar-refractivity contribution in [3.8, 4) is 5.75 Å². The van der Waals surface area contributed by atoms with Crippen molar-refractivity contribution in [1.82, 2.24) is 0 Å². The average Bonchev–Trinajstić information content (AvgIpc) is 2.20. The summed E-state index contributed by atoms with van der Waals surface area (Å²) >= 11 is 0. The fraction of sp³-hybridized carbons (Fsp3) is 0.364. The van der Waals surface area contributed by atoms with Crippen LogP contribution in [-0.2, 0) is 4.79 Å². The number of aliphatic hydroxyl groups is 1. The third kappa shape index (κ3) is 2.93. The van der Waals surface area contributed by atoms with E-state index in [4.69, 9.17) is 9.84 Å². The van der Waals surface area contributed by atoms with Crippen LogP contribution in [-0.4, -0.2) is 28.4 Å². The van der Waals surface area contributed by atoms with Crippen LogP contribution in [0, 0.1) is 12.7 Å². The monoisotopic (exact) mass is 228 g/mol. The number of ether oxygens (including phenoxy) is 1. The first-order valence-electron chi connectivity index (χ1n) is 4.67. The Balaban J connectivity index is 2.68. The number of aryl methyl sites for hydroxylation is 1. The second kappa shape index (κ2) is 4.49. The molecule has 0 aliphatic rings. The third-order valence-corrected chi connectivity index (χ3v) is 2.12. The lowest BCUT2D eigenvalue weighted by Gasteiger charge is -2.18. The maximum absolute atomic E-state index is 13.1. The van der Waals surface area contributed by atoms with Crippen molar-refractivity contribution in [3.05, 3.63) is 29.6 Å². The fourth-order valence-corrected chi connectivity index (χ4v) is 0.949. The Bertz CT molecular complexity index is 401. The highest BCUT2D eigenvalue weighted by atomic mass is 19.1. The van der Waals surface area contributed by atoms with Crippen molar-refractivity contribution >= 4 is 5.97 Å². The molecular weight excluding hydrogens is 215 g/mol. The van der Waals surface area contributed by atoms with E-state index in [1.54, 1.807) is 6.92 Å². The second-order valence-electron chi connectivity index (χ2n) is 3.78. The molecule has 5 heteroatoms. The minimum Gasteiger partial charge on any atom is -0.490 e. The molecule has 1 atom stereocenters. The quantitative estimate of drug-likeness (QED) is 0.816. The number of benzene rings is 1. The van der Waals surface area contributed by atoms with Crippen LogP contribution in [0.2, 0.25) is 0 Å². The molecule has 0 radical (unpaired) electrons. The van der Waals surface area contributed by atoms with Crippen molar-refractivity contribution in [3.63, 3.8) is 0 Å². The zero-order valence-corrected chi connectivity index (χ0v) is 9.03. The Kier molecular flexibility index (Phi) is 3.49. The molecule has 88 valence electrons. The smallest absolute Gasteiger partial charge is 0.339 e. The second-order valence-corrected chi connectivity index (χ2v) is 3.78. The Hall–Kier alpha value is -1.62. The largest absolute Gasteiger partial charge is 0.490 e. The summed E-state index contributed by atoms with van der Waals surface area (Å²) < 4.78 is 18.1. The van der Waals surface area contributed by atoms with Gasteiger partial charge in [0.25, 0.3) is 0 Å². The minimum absolute atomic E-state index is 0.185. The van der Waals surface area contributed by atoms with Crippen LogP contribution in [0.15, 0.2) is 18.2 Å². The van der Waals surface area contributed by atoms with Gasteiger partial charge < -0.3 is 14.9 Å². The van der Waals surface area contributed by atoms with Crippen LogP contribution in [0.3, 0.4) is 0 Å². The van der Waals surface area contributed by atoms with Gasteiger partial charge in [0.15, 0.2) is 5.60 Å². The molecule has 2 N–H and O–H groups in total. The summed E-state index contributed by atoms with van der Waals surface area (Å²) in [5.74, 6) is -1.64. The van der Waals surface area contributed by atoms with Crippen LogP contribution in [0.25, 0.3) is 0 Å². The Morgan fingerprint density at radius 3 is 2.69 bits per heavy atom. The van der Waals surface area contributed by atoms with Crippen molar-refractivity contribution in [1.29, 1.82) is 0 Å². The molecule has 0 heterocycles. The Morgan fingerprint density at radius 2 is 2.19 bits per heavy atom. The molecule has 0 saturated heterocycles. The molecule has 16 heavy (non-hydrogen) atoms. The van der Waals surface area contributed by atoms with Gasteiger partial charge >= 0.3 is 5.97 Å². The van der Waals surface area contributed by atoms with Gasteiger partial charge in [-0.2, -0.15) is 0 Å². The van der Waals surface area contributed by atoms with Gasteiger partial charge in [-0.05, 0) is 25.5 Å². The topological polar surface area (TPSA) is 66.8 Å². The average molecular weight is 228 g/mol. The highest BCUT2D eigenvalue weighted by molar-refractivity contribution is 5.76. The number of halogens is 1. The van der Waals surface area contributed by atoms with Gasteiger partial charge in [0.1, 0.15) is 18.2 Å². The first-order chi connectivity index (χ1) is 7.33. The summed E-state index contributed by atoms with van der Waals surface area (Å²) in [4.78, 5) is 10.6. The number of aliphatic carboxylic acids is 1. The predicted octanol–water partition coefficient (Wildman–Crippen LogP) is 1.35. The van der Waals surface area contributed by atoms with E-state index >= 15 is 0 Å². The summed E-state index contributed by atoms with van der Waals surface area (Å²) in [7, 11) is 0. The first kappa shape index (κ1) is 12.4.